The molecular weight excluding hydrogens is 296 g/mol. The number of amides is 2. The van der Waals surface area contributed by atoms with Crippen LogP contribution in [-0.2, 0) is 11.8 Å². The van der Waals surface area contributed by atoms with E-state index in [9.17, 15) is 9.59 Å². The van der Waals surface area contributed by atoms with Crippen molar-refractivity contribution >= 4 is 17.7 Å². The third-order valence-electron chi connectivity index (χ3n) is 3.88. The maximum Gasteiger partial charge on any atom is 0.355 e. The number of nitrogens with one attached hydrogen (secondary N) is 2. The molecule has 7 nitrogen and oxygen atoms in total. The summed E-state index contributed by atoms with van der Waals surface area (Å²) in [6, 6.07) is 1.36. The number of rotatable bonds is 7. The zero-order chi connectivity index (χ0) is 16.7. The summed E-state index contributed by atoms with van der Waals surface area (Å²) in [5.74, 6) is -0.394. The van der Waals surface area contributed by atoms with Gasteiger partial charge in [0.05, 0.1) is 12.3 Å². The molecule has 1 aliphatic heterocycles. The quantitative estimate of drug-likeness (QED) is 0.593. The zero-order valence-corrected chi connectivity index (χ0v) is 13.9. The van der Waals surface area contributed by atoms with Crippen LogP contribution in [-0.4, -0.2) is 54.3 Å². The average Bonchev–Trinajstić information content (AvgIpc) is 3.13. The molecule has 0 spiro atoms. The Morgan fingerprint density at radius 2 is 2.04 bits per heavy atom. The van der Waals surface area contributed by atoms with Gasteiger partial charge in [-0.15, -0.1) is 0 Å². The number of likely N-dealkylation sites (tertiary alicyclic amines) is 1. The lowest BCUT2D eigenvalue weighted by molar-refractivity contribution is 0.0515. The number of aromatic nitrogens is 1. The van der Waals surface area contributed by atoms with Gasteiger partial charge in [-0.3, -0.25) is 0 Å². The Morgan fingerprint density at radius 1 is 1.30 bits per heavy atom. The van der Waals surface area contributed by atoms with E-state index in [0.717, 1.165) is 13.0 Å². The molecule has 23 heavy (non-hydrogen) atoms. The summed E-state index contributed by atoms with van der Waals surface area (Å²) in [5.41, 5.74) is 0.990. The topological polar surface area (TPSA) is 75.6 Å². The second-order valence-corrected chi connectivity index (χ2v) is 5.73. The number of nitrogens with zero attached hydrogens (tertiary/aromatic N) is 2. The van der Waals surface area contributed by atoms with Crippen LogP contribution in [0.5, 0.6) is 0 Å². The molecule has 1 aliphatic rings. The standard InChI is InChI=1S/C16H26N4O3/c1-3-23-15(21)14-11-13(12-19(14)2)18-16(22)17-7-6-10-20-8-4-5-9-20/h11-12H,3-10H2,1-2H3,(H2,17,18,22). The minimum atomic E-state index is -0.394. The van der Waals surface area contributed by atoms with Crippen molar-refractivity contribution < 1.29 is 14.3 Å². The molecule has 0 saturated carbocycles. The van der Waals surface area contributed by atoms with E-state index in [1.807, 2.05) is 0 Å². The average molecular weight is 322 g/mol. The monoisotopic (exact) mass is 322 g/mol. The van der Waals surface area contributed by atoms with Crippen LogP contribution in [0, 0.1) is 0 Å². The Morgan fingerprint density at radius 3 is 2.74 bits per heavy atom. The van der Waals surface area contributed by atoms with Gasteiger partial charge in [-0.05, 0) is 51.9 Å². The van der Waals surface area contributed by atoms with Crippen molar-refractivity contribution in [1.29, 1.82) is 0 Å². The van der Waals surface area contributed by atoms with Crippen LogP contribution >= 0.6 is 0 Å². The summed E-state index contributed by atoms with van der Waals surface area (Å²) in [7, 11) is 1.74. The lowest BCUT2D eigenvalue weighted by Crippen LogP contribution is -2.31. The van der Waals surface area contributed by atoms with Crippen molar-refractivity contribution in [1.82, 2.24) is 14.8 Å². The van der Waals surface area contributed by atoms with E-state index >= 15 is 0 Å². The fourth-order valence-electron chi connectivity index (χ4n) is 2.73. The molecule has 0 atom stereocenters. The summed E-state index contributed by atoms with van der Waals surface area (Å²) in [5, 5.41) is 5.57. The predicted molar refractivity (Wildman–Crippen MR) is 88.7 cm³/mol. The molecule has 0 bridgehead atoms. The minimum absolute atomic E-state index is 0.257. The molecule has 2 heterocycles. The summed E-state index contributed by atoms with van der Waals surface area (Å²) < 4.78 is 6.60. The SMILES string of the molecule is CCOC(=O)c1cc(NC(=O)NCCCN2CCCC2)cn1C. The number of ether oxygens (including phenoxy) is 1. The van der Waals surface area contributed by atoms with Gasteiger partial charge in [0.15, 0.2) is 0 Å². The molecule has 2 amide bonds. The third kappa shape index (κ3) is 5.28. The van der Waals surface area contributed by atoms with Crippen molar-refractivity contribution in [2.75, 3.05) is 38.1 Å². The molecular formula is C16H26N4O3. The number of urea groups is 1. The maximum atomic E-state index is 11.9. The van der Waals surface area contributed by atoms with Gasteiger partial charge in [0.1, 0.15) is 5.69 Å². The molecule has 1 saturated heterocycles. The Hall–Kier alpha value is -2.02. The van der Waals surface area contributed by atoms with E-state index in [-0.39, 0.29) is 6.03 Å². The molecule has 0 radical (unpaired) electrons. The van der Waals surface area contributed by atoms with Gasteiger partial charge in [-0.2, -0.15) is 0 Å². The fourth-order valence-corrected chi connectivity index (χ4v) is 2.73. The lowest BCUT2D eigenvalue weighted by Gasteiger charge is -2.14. The third-order valence-corrected chi connectivity index (χ3v) is 3.88. The first kappa shape index (κ1) is 17.3. The fraction of sp³-hybridized carbons (Fsp3) is 0.625. The minimum Gasteiger partial charge on any atom is -0.461 e. The molecule has 0 aromatic carbocycles. The van der Waals surface area contributed by atoms with Crippen LogP contribution in [0.1, 0.15) is 36.7 Å². The van der Waals surface area contributed by atoms with E-state index in [0.29, 0.717) is 24.5 Å². The Bertz CT molecular complexity index is 535. The highest BCUT2D eigenvalue weighted by molar-refractivity contribution is 5.93. The number of esters is 1. The molecule has 2 N–H and O–H groups in total. The van der Waals surface area contributed by atoms with Crippen LogP contribution < -0.4 is 10.6 Å². The van der Waals surface area contributed by atoms with Crippen LogP contribution in [0.15, 0.2) is 12.3 Å². The number of hydrogen-bond donors (Lipinski definition) is 2. The molecule has 1 aromatic rings. The number of aryl methyl sites for hydroxylation is 1. The molecule has 0 aliphatic carbocycles. The Kier molecular flexibility index (Phi) is 6.46. The van der Waals surface area contributed by atoms with Crippen molar-refractivity contribution in [3.05, 3.63) is 18.0 Å². The molecule has 128 valence electrons. The first-order chi connectivity index (χ1) is 11.1. The van der Waals surface area contributed by atoms with Gasteiger partial charge in [0.25, 0.3) is 0 Å². The van der Waals surface area contributed by atoms with E-state index < -0.39 is 5.97 Å². The second kappa shape index (κ2) is 8.57. The summed E-state index contributed by atoms with van der Waals surface area (Å²) >= 11 is 0. The highest BCUT2D eigenvalue weighted by Crippen LogP contribution is 2.13. The van der Waals surface area contributed by atoms with Crippen LogP contribution in [0.3, 0.4) is 0 Å². The first-order valence-corrected chi connectivity index (χ1v) is 8.21. The van der Waals surface area contributed by atoms with Gasteiger partial charge in [-0.25, -0.2) is 9.59 Å². The largest absolute Gasteiger partial charge is 0.461 e. The highest BCUT2D eigenvalue weighted by atomic mass is 16.5. The van der Waals surface area contributed by atoms with Crippen molar-refractivity contribution in [2.24, 2.45) is 7.05 Å². The van der Waals surface area contributed by atoms with Crippen LogP contribution in [0.2, 0.25) is 0 Å². The van der Waals surface area contributed by atoms with E-state index in [1.54, 1.807) is 30.8 Å². The van der Waals surface area contributed by atoms with Crippen LogP contribution in [0.4, 0.5) is 10.5 Å². The Balaban J connectivity index is 1.72. The van der Waals surface area contributed by atoms with E-state index in [4.69, 9.17) is 4.74 Å². The van der Waals surface area contributed by atoms with E-state index in [1.165, 1.54) is 25.9 Å². The normalized spacial score (nSPS) is 14.7. The smallest absolute Gasteiger partial charge is 0.355 e. The van der Waals surface area contributed by atoms with Crippen molar-refractivity contribution in [3.63, 3.8) is 0 Å². The van der Waals surface area contributed by atoms with Crippen LogP contribution in [0.25, 0.3) is 0 Å². The number of carbonyl (C=O) groups excluding carboxylic acids is 2. The predicted octanol–water partition coefficient (Wildman–Crippen LogP) is 1.81. The summed E-state index contributed by atoms with van der Waals surface area (Å²) in [6.45, 7) is 6.10. The highest BCUT2D eigenvalue weighted by Gasteiger charge is 2.14. The lowest BCUT2D eigenvalue weighted by atomic mass is 10.4. The summed E-state index contributed by atoms with van der Waals surface area (Å²) in [4.78, 5) is 26.0. The second-order valence-electron chi connectivity index (χ2n) is 5.73. The number of hydrogen-bond acceptors (Lipinski definition) is 4. The van der Waals surface area contributed by atoms with Gasteiger partial charge in [0.2, 0.25) is 0 Å². The van der Waals surface area contributed by atoms with Gasteiger partial charge < -0.3 is 24.8 Å². The molecule has 1 aromatic heterocycles. The zero-order valence-electron chi connectivity index (χ0n) is 13.9. The number of carbonyl (C=O) groups is 2. The van der Waals surface area contributed by atoms with E-state index in [2.05, 4.69) is 15.5 Å². The molecule has 1 fully saturated rings. The van der Waals surface area contributed by atoms with Gasteiger partial charge in [-0.1, -0.05) is 0 Å². The van der Waals surface area contributed by atoms with Gasteiger partial charge in [0, 0.05) is 19.8 Å². The van der Waals surface area contributed by atoms with Gasteiger partial charge >= 0.3 is 12.0 Å². The molecule has 7 heteroatoms. The number of anilines is 1. The first-order valence-electron chi connectivity index (χ1n) is 8.21. The molecule has 2 rings (SSSR count). The Labute approximate surface area is 137 Å². The van der Waals surface area contributed by atoms with Crippen molar-refractivity contribution in [2.45, 2.75) is 26.2 Å². The van der Waals surface area contributed by atoms with Crippen molar-refractivity contribution in [3.8, 4) is 0 Å². The maximum absolute atomic E-state index is 11.9. The molecule has 0 unspecified atom stereocenters. The summed E-state index contributed by atoms with van der Waals surface area (Å²) in [6.07, 6.45) is 5.20.